The van der Waals surface area contributed by atoms with E-state index in [0.29, 0.717) is 43.6 Å². The van der Waals surface area contributed by atoms with E-state index in [-0.39, 0.29) is 17.5 Å². The number of rotatable bonds is 6. The van der Waals surface area contributed by atoms with Gasteiger partial charge in [0.1, 0.15) is 5.82 Å². The zero-order valence-electron chi connectivity index (χ0n) is 15.8. The van der Waals surface area contributed by atoms with E-state index in [1.807, 2.05) is 46.2 Å². The van der Waals surface area contributed by atoms with Gasteiger partial charge in [-0.05, 0) is 28.1 Å². The van der Waals surface area contributed by atoms with Gasteiger partial charge in [0, 0.05) is 26.2 Å². The van der Waals surface area contributed by atoms with Crippen molar-refractivity contribution in [2.75, 3.05) is 36.8 Å². The van der Waals surface area contributed by atoms with Gasteiger partial charge in [-0.15, -0.1) is 5.10 Å². The van der Waals surface area contributed by atoms with Crippen molar-refractivity contribution in [2.24, 2.45) is 0 Å². The molecule has 0 aliphatic carbocycles. The molecule has 2 heterocycles. The molecule has 9 heteroatoms. The van der Waals surface area contributed by atoms with Crippen LogP contribution in [-0.2, 0) is 11.3 Å². The van der Waals surface area contributed by atoms with E-state index in [2.05, 4.69) is 15.5 Å². The monoisotopic (exact) mass is 412 g/mol. The molecule has 4 rings (SSSR count). The average Bonchev–Trinajstić information content (AvgIpc) is 3.20. The molecule has 2 aromatic carbocycles. The molecule has 1 aliphatic heterocycles. The van der Waals surface area contributed by atoms with Crippen LogP contribution in [0, 0.1) is 5.82 Å². The van der Waals surface area contributed by atoms with Crippen molar-refractivity contribution in [1.29, 1.82) is 0 Å². The van der Waals surface area contributed by atoms with Crippen LogP contribution in [0.15, 0.2) is 59.8 Å². The predicted octanol–water partition coefficient (Wildman–Crippen LogP) is 2.30. The maximum atomic E-state index is 14.0. The number of para-hydroxylation sites is 1. The number of piperazine rings is 1. The molecule has 0 bridgehead atoms. The minimum atomic E-state index is -0.229. The van der Waals surface area contributed by atoms with Crippen LogP contribution < -0.4 is 4.90 Å². The van der Waals surface area contributed by atoms with Gasteiger partial charge in [-0.25, -0.2) is 9.07 Å². The summed E-state index contributed by atoms with van der Waals surface area (Å²) in [7, 11) is 0. The average molecular weight is 412 g/mol. The number of carbonyl (C=O) groups excluding carboxylic acids is 1. The zero-order chi connectivity index (χ0) is 20.1. The van der Waals surface area contributed by atoms with Crippen molar-refractivity contribution in [3.63, 3.8) is 0 Å². The third-order valence-electron chi connectivity index (χ3n) is 4.82. The highest BCUT2D eigenvalue weighted by atomic mass is 32.2. The summed E-state index contributed by atoms with van der Waals surface area (Å²) in [6.07, 6.45) is 0. The molecule has 0 radical (unpaired) electrons. The molecular weight excluding hydrogens is 391 g/mol. The molecule has 0 unspecified atom stereocenters. The largest absolute Gasteiger partial charge is 0.366 e. The molecule has 29 heavy (non-hydrogen) atoms. The number of thioether (sulfide) groups is 1. The summed E-state index contributed by atoms with van der Waals surface area (Å²) in [5.74, 6) is 0.0834. The lowest BCUT2D eigenvalue weighted by Gasteiger charge is -2.36. The number of amides is 1. The van der Waals surface area contributed by atoms with Crippen molar-refractivity contribution < 1.29 is 9.18 Å². The first-order valence-electron chi connectivity index (χ1n) is 9.41. The number of nitrogens with zero attached hydrogens (tertiary/aromatic N) is 6. The molecule has 0 saturated carbocycles. The number of halogens is 1. The van der Waals surface area contributed by atoms with Gasteiger partial charge in [0.15, 0.2) is 0 Å². The molecule has 150 valence electrons. The summed E-state index contributed by atoms with van der Waals surface area (Å²) in [4.78, 5) is 16.4. The first kappa shape index (κ1) is 19.4. The highest BCUT2D eigenvalue weighted by Gasteiger charge is 2.23. The van der Waals surface area contributed by atoms with Crippen LogP contribution in [0.1, 0.15) is 5.56 Å². The fourth-order valence-electron chi connectivity index (χ4n) is 3.28. The Morgan fingerprint density at radius 2 is 1.72 bits per heavy atom. The smallest absolute Gasteiger partial charge is 0.233 e. The molecular formula is C20H21FN6OS. The highest BCUT2D eigenvalue weighted by molar-refractivity contribution is 7.99. The number of hydrogen-bond acceptors (Lipinski definition) is 6. The Kier molecular flexibility index (Phi) is 6.04. The van der Waals surface area contributed by atoms with Crippen LogP contribution >= 0.6 is 11.8 Å². The number of benzene rings is 2. The maximum absolute atomic E-state index is 14.0. The van der Waals surface area contributed by atoms with Gasteiger partial charge in [0.2, 0.25) is 11.1 Å². The van der Waals surface area contributed by atoms with Crippen molar-refractivity contribution in [3.05, 3.63) is 66.0 Å². The Hall–Kier alpha value is -2.94. The second kappa shape index (κ2) is 9.04. The Labute approximate surface area is 172 Å². The van der Waals surface area contributed by atoms with Gasteiger partial charge in [-0.1, -0.05) is 54.2 Å². The van der Waals surface area contributed by atoms with Gasteiger partial charge in [-0.3, -0.25) is 4.79 Å². The molecule has 1 aromatic heterocycles. The second-order valence-electron chi connectivity index (χ2n) is 6.71. The summed E-state index contributed by atoms with van der Waals surface area (Å²) in [6.45, 7) is 2.93. The van der Waals surface area contributed by atoms with Crippen LogP contribution in [0.3, 0.4) is 0 Å². The number of aromatic nitrogens is 4. The Morgan fingerprint density at radius 3 is 2.48 bits per heavy atom. The zero-order valence-corrected chi connectivity index (χ0v) is 16.6. The molecule has 0 spiro atoms. The number of hydrogen-bond donors (Lipinski definition) is 0. The minimum Gasteiger partial charge on any atom is -0.366 e. The van der Waals surface area contributed by atoms with E-state index in [0.717, 1.165) is 5.56 Å². The molecule has 0 N–H and O–H groups in total. The van der Waals surface area contributed by atoms with Crippen LogP contribution in [0.2, 0.25) is 0 Å². The summed E-state index contributed by atoms with van der Waals surface area (Å²) in [5.41, 5.74) is 1.69. The molecule has 3 aromatic rings. The molecule has 1 fully saturated rings. The van der Waals surface area contributed by atoms with Gasteiger partial charge in [0.25, 0.3) is 0 Å². The van der Waals surface area contributed by atoms with Crippen LogP contribution in [-0.4, -0.2) is 62.9 Å². The Bertz CT molecular complexity index is 958. The van der Waals surface area contributed by atoms with Crippen molar-refractivity contribution in [2.45, 2.75) is 11.7 Å². The van der Waals surface area contributed by atoms with Gasteiger partial charge < -0.3 is 9.80 Å². The van der Waals surface area contributed by atoms with Gasteiger partial charge in [0.05, 0.1) is 18.0 Å². The van der Waals surface area contributed by atoms with E-state index < -0.39 is 0 Å². The van der Waals surface area contributed by atoms with E-state index in [1.54, 1.807) is 16.8 Å². The number of tetrazole rings is 1. The van der Waals surface area contributed by atoms with E-state index in [1.165, 1.54) is 17.8 Å². The maximum Gasteiger partial charge on any atom is 0.233 e. The highest BCUT2D eigenvalue weighted by Crippen LogP contribution is 2.21. The first-order chi connectivity index (χ1) is 14.2. The summed E-state index contributed by atoms with van der Waals surface area (Å²) in [5, 5.41) is 12.4. The number of anilines is 1. The van der Waals surface area contributed by atoms with Crippen LogP contribution in [0.4, 0.5) is 10.1 Å². The van der Waals surface area contributed by atoms with E-state index >= 15 is 0 Å². The first-order valence-corrected chi connectivity index (χ1v) is 10.4. The van der Waals surface area contributed by atoms with Gasteiger partial charge in [-0.2, -0.15) is 0 Å². The minimum absolute atomic E-state index is 0.0393. The third-order valence-corrected chi connectivity index (χ3v) is 5.77. The molecule has 1 amide bonds. The quantitative estimate of drug-likeness (QED) is 0.579. The normalized spacial score (nSPS) is 14.2. The molecule has 1 aliphatic rings. The lowest BCUT2D eigenvalue weighted by Crippen LogP contribution is -2.49. The van der Waals surface area contributed by atoms with Crippen LogP contribution in [0.25, 0.3) is 0 Å². The molecule has 0 atom stereocenters. The summed E-state index contributed by atoms with van der Waals surface area (Å²) in [6, 6.07) is 16.7. The standard InChI is InChI=1S/C20H21FN6OS/c21-17-8-4-5-9-18(17)25-10-12-26(13-11-25)19(28)15-29-20-22-23-24-27(20)14-16-6-2-1-3-7-16/h1-9H,10-15H2. The molecule has 1 saturated heterocycles. The van der Waals surface area contributed by atoms with Gasteiger partial charge >= 0.3 is 0 Å². The summed E-state index contributed by atoms with van der Waals surface area (Å²) >= 11 is 1.34. The fourth-order valence-corrected chi connectivity index (χ4v) is 4.06. The van der Waals surface area contributed by atoms with Crippen LogP contribution in [0.5, 0.6) is 0 Å². The predicted molar refractivity (Wildman–Crippen MR) is 109 cm³/mol. The van der Waals surface area contributed by atoms with E-state index in [9.17, 15) is 9.18 Å². The van der Waals surface area contributed by atoms with Crippen molar-refractivity contribution >= 4 is 23.4 Å². The van der Waals surface area contributed by atoms with E-state index in [4.69, 9.17) is 0 Å². The van der Waals surface area contributed by atoms with Crippen molar-refractivity contribution in [3.8, 4) is 0 Å². The SMILES string of the molecule is O=C(CSc1nnnn1Cc1ccccc1)N1CCN(c2ccccc2F)CC1. The topological polar surface area (TPSA) is 67.2 Å². The fraction of sp³-hybridized carbons (Fsp3) is 0.300. The Balaban J connectivity index is 1.29. The third kappa shape index (κ3) is 4.73. The molecule has 7 nitrogen and oxygen atoms in total. The lowest BCUT2D eigenvalue weighted by molar-refractivity contribution is -0.128. The summed E-state index contributed by atoms with van der Waals surface area (Å²) < 4.78 is 15.7. The lowest BCUT2D eigenvalue weighted by atomic mass is 10.2. The Morgan fingerprint density at radius 1 is 1.00 bits per heavy atom. The second-order valence-corrected chi connectivity index (χ2v) is 7.66. The number of carbonyl (C=O) groups is 1. The van der Waals surface area contributed by atoms with Crippen molar-refractivity contribution in [1.82, 2.24) is 25.1 Å².